The third-order valence-electron chi connectivity index (χ3n) is 13.1. The predicted octanol–water partition coefficient (Wildman–Crippen LogP) is 14.4. The van der Waals surface area contributed by atoms with Gasteiger partial charge in [0.25, 0.3) is 0 Å². The first-order valence-electron chi connectivity index (χ1n) is 20.2. The molecule has 2 heteroatoms. The van der Waals surface area contributed by atoms with Gasteiger partial charge in [-0.25, -0.2) is 0 Å². The summed E-state index contributed by atoms with van der Waals surface area (Å²) in [6, 6.07) is 68.0. The van der Waals surface area contributed by atoms with Crippen LogP contribution in [-0.2, 0) is 5.41 Å². The second-order valence-electron chi connectivity index (χ2n) is 16.0. The van der Waals surface area contributed by atoms with E-state index < -0.39 is 0 Å². The topological polar surface area (TPSA) is 9.86 Å². The summed E-state index contributed by atoms with van der Waals surface area (Å²) in [6.45, 7) is 0. The normalized spacial score (nSPS) is 14.6. The number of fused-ring (bicyclic) bond motifs is 11. The molecule has 0 radical (unpaired) electrons. The van der Waals surface area contributed by atoms with Crippen LogP contribution in [0.5, 0.6) is 0 Å². The van der Waals surface area contributed by atoms with Crippen molar-refractivity contribution in [2.24, 2.45) is 0 Å². The minimum Gasteiger partial charge on any atom is -0.309 e. The standard InChI is InChI=1S/C54H40N2/c1-4-14-36(15-5-1)37-22-26-41(27-23-37)55-50-21-11-9-19-43(50)44-28-24-38(32-51(44)55)39-25-29-45-47-34-49-46(35-53(47)56(52(45)33-39)40-16-6-2-7-17-40)42-18-8-10-20-48(42)54(49)30-12-3-13-31-54/h1-2,4-11,14-29,32-35H,3,12-13,30-31H2. The summed E-state index contributed by atoms with van der Waals surface area (Å²) in [5.74, 6) is 0. The third-order valence-corrected chi connectivity index (χ3v) is 13.1. The number of para-hydroxylation sites is 2. The molecule has 2 aliphatic rings. The zero-order valence-electron chi connectivity index (χ0n) is 31.3. The predicted molar refractivity (Wildman–Crippen MR) is 235 cm³/mol. The molecule has 10 aromatic rings. The molecule has 56 heavy (non-hydrogen) atoms. The van der Waals surface area contributed by atoms with Crippen molar-refractivity contribution in [2.75, 3.05) is 0 Å². The molecule has 0 aliphatic heterocycles. The van der Waals surface area contributed by atoms with Gasteiger partial charge in [0.1, 0.15) is 0 Å². The lowest BCUT2D eigenvalue weighted by Gasteiger charge is -2.36. The minimum absolute atomic E-state index is 0.120. The van der Waals surface area contributed by atoms with Crippen LogP contribution < -0.4 is 0 Å². The first-order chi connectivity index (χ1) is 27.7. The van der Waals surface area contributed by atoms with Gasteiger partial charge in [-0.05, 0) is 112 Å². The number of hydrogen-bond acceptors (Lipinski definition) is 0. The van der Waals surface area contributed by atoms with Crippen molar-refractivity contribution in [3.63, 3.8) is 0 Å². The average molecular weight is 717 g/mol. The van der Waals surface area contributed by atoms with Gasteiger partial charge in [-0.1, -0.05) is 147 Å². The van der Waals surface area contributed by atoms with Crippen LogP contribution in [0.3, 0.4) is 0 Å². The number of nitrogens with zero attached hydrogens (tertiary/aromatic N) is 2. The fourth-order valence-electron chi connectivity index (χ4n) is 10.6. The highest BCUT2D eigenvalue weighted by molar-refractivity contribution is 6.13. The van der Waals surface area contributed by atoms with Crippen LogP contribution in [0.1, 0.15) is 43.2 Å². The van der Waals surface area contributed by atoms with Crippen LogP contribution in [0, 0.1) is 0 Å². The van der Waals surface area contributed by atoms with Gasteiger partial charge >= 0.3 is 0 Å². The Morgan fingerprint density at radius 2 is 0.857 bits per heavy atom. The Labute approximate surface area is 326 Å². The third kappa shape index (κ3) is 4.56. The molecular formula is C54H40N2. The van der Waals surface area contributed by atoms with Gasteiger partial charge in [0.15, 0.2) is 0 Å². The van der Waals surface area contributed by atoms with Crippen LogP contribution >= 0.6 is 0 Å². The second-order valence-corrected chi connectivity index (χ2v) is 16.0. The maximum Gasteiger partial charge on any atom is 0.0547 e. The molecule has 0 atom stereocenters. The Balaban J connectivity index is 1.06. The molecular weight excluding hydrogens is 677 g/mol. The molecule has 2 nitrogen and oxygen atoms in total. The zero-order chi connectivity index (χ0) is 36.8. The molecule has 1 saturated carbocycles. The highest BCUT2D eigenvalue weighted by Crippen LogP contribution is 2.57. The van der Waals surface area contributed by atoms with Crippen molar-refractivity contribution < 1.29 is 0 Å². The lowest BCUT2D eigenvalue weighted by molar-refractivity contribution is 0.353. The maximum absolute atomic E-state index is 2.59. The Bertz CT molecular complexity index is 3140. The van der Waals surface area contributed by atoms with Gasteiger partial charge in [0.2, 0.25) is 0 Å². The Morgan fingerprint density at radius 1 is 0.321 bits per heavy atom. The van der Waals surface area contributed by atoms with Crippen molar-refractivity contribution in [1.29, 1.82) is 0 Å². The van der Waals surface area contributed by atoms with Crippen molar-refractivity contribution in [3.8, 4) is 44.8 Å². The Kier molecular flexibility index (Phi) is 6.89. The number of benzene rings is 8. The smallest absolute Gasteiger partial charge is 0.0547 e. The fourth-order valence-corrected chi connectivity index (χ4v) is 10.6. The van der Waals surface area contributed by atoms with E-state index in [1.807, 2.05) is 0 Å². The van der Waals surface area contributed by atoms with Crippen molar-refractivity contribution in [1.82, 2.24) is 9.13 Å². The molecule has 2 heterocycles. The van der Waals surface area contributed by atoms with Crippen molar-refractivity contribution in [2.45, 2.75) is 37.5 Å². The van der Waals surface area contributed by atoms with E-state index in [0.29, 0.717) is 0 Å². The number of rotatable bonds is 4. The maximum atomic E-state index is 2.59. The molecule has 8 aromatic carbocycles. The van der Waals surface area contributed by atoms with Crippen LogP contribution in [0.4, 0.5) is 0 Å². The Morgan fingerprint density at radius 3 is 1.61 bits per heavy atom. The molecule has 0 unspecified atom stereocenters. The molecule has 266 valence electrons. The lowest BCUT2D eigenvalue weighted by atomic mass is 9.68. The van der Waals surface area contributed by atoms with Gasteiger partial charge in [-0.3, -0.25) is 0 Å². The number of aromatic nitrogens is 2. The molecule has 2 aromatic heterocycles. The fraction of sp³-hybridized carbons (Fsp3) is 0.111. The van der Waals surface area contributed by atoms with Crippen molar-refractivity contribution >= 4 is 43.6 Å². The van der Waals surface area contributed by atoms with Crippen LogP contribution in [0.2, 0.25) is 0 Å². The van der Waals surface area contributed by atoms with Crippen molar-refractivity contribution in [3.05, 3.63) is 193 Å². The van der Waals surface area contributed by atoms with E-state index in [0.717, 1.165) is 5.69 Å². The summed E-state index contributed by atoms with van der Waals surface area (Å²) >= 11 is 0. The van der Waals surface area contributed by atoms with E-state index in [1.54, 1.807) is 5.56 Å². The molecule has 0 amide bonds. The highest BCUT2D eigenvalue weighted by atomic mass is 15.0. The summed E-state index contributed by atoms with van der Waals surface area (Å²) in [6.07, 6.45) is 6.40. The second kappa shape index (κ2) is 12.2. The zero-order valence-corrected chi connectivity index (χ0v) is 31.3. The lowest BCUT2D eigenvalue weighted by Crippen LogP contribution is -2.27. The summed E-state index contributed by atoms with van der Waals surface area (Å²) in [4.78, 5) is 0. The first-order valence-corrected chi connectivity index (χ1v) is 20.2. The monoisotopic (exact) mass is 716 g/mol. The van der Waals surface area contributed by atoms with Gasteiger partial charge < -0.3 is 9.13 Å². The molecule has 12 rings (SSSR count). The Hall–Kier alpha value is -6.64. The number of hydrogen-bond donors (Lipinski definition) is 0. The highest BCUT2D eigenvalue weighted by Gasteiger charge is 2.44. The van der Waals surface area contributed by atoms with Crippen LogP contribution in [0.25, 0.3) is 88.4 Å². The van der Waals surface area contributed by atoms with Gasteiger partial charge in [0, 0.05) is 38.3 Å². The first kappa shape index (κ1) is 31.7. The van der Waals surface area contributed by atoms with Crippen LogP contribution in [-0.4, -0.2) is 9.13 Å². The molecule has 0 N–H and O–H groups in total. The summed E-state index contributed by atoms with van der Waals surface area (Å²) in [5.41, 5.74) is 18.3. The molecule has 1 fully saturated rings. The minimum atomic E-state index is 0.120. The van der Waals surface area contributed by atoms with E-state index in [1.165, 1.54) is 120 Å². The van der Waals surface area contributed by atoms with E-state index in [2.05, 4.69) is 191 Å². The van der Waals surface area contributed by atoms with Gasteiger partial charge in [0.05, 0.1) is 22.1 Å². The summed E-state index contributed by atoms with van der Waals surface area (Å²) in [5, 5.41) is 5.20. The van der Waals surface area contributed by atoms with E-state index in [-0.39, 0.29) is 5.41 Å². The molecule has 2 aliphatic carbocycles. The molecule has 1 spiro atoms. The van der Waals surface area contributed by atoms with E-state index in [4.69, 9.17) is 0 Å². The summed E-state index contributed by atoms with van der Waals surface area (Å²) in [7, 11) is 0. The quantitative estimate of drug-likeness (QED) is 0.172. The molecule has 0 bridgehead atoms. The van der Waals surface area contributed by atoms with E-state index >= 15 is 0 Å². The van der Waals surface area contributed by atoms with E-state index in [9.17, 15) is 0 Å². The van der Waals surface area contributed by atoms with Crippen LogP contribution in [0.15, 0.2) is 182 Å². The summed E-state index contributed by atoms with van der Waals surface area (Å²) < 4.78 is 4.94. The van der Waals surface area contributed by atoms with Gasteiger partial charge in [-0.15, -0.1) is 0 Å². The van der Waals surface area contributed by atoms with Gasteiger partial charge in [-0.2, -0.15) is 0 Å². The molecule has 0 saturated heterocycles. The SMILES string of the molecule is c1ccc(-c2ccc(-n3c4ccccc4c4ccc(-c5ccc6c7cc8c(cc7n(-c7ccccc7)c6c5)-c5ccccc5C85CCCCC5)cc43)cc2)cc1. The average Bonchev–Trinajstić information content (AvgIpc) is 3.87. The largest absolute Gasteiger partial charge is 0.309 e.